The predicted molar refractivity (Wildman–Crippen MR) is 103 cm³/mol. The summed E-state index contributed by atoms with van der Waals surface area (Å²) in [5.74, 6) is 1.40. The number of imidazole rings is 1. The van der Waals surface area contributed by atoms with Crippen molar-refractivity contribution < 1.29 is 0 Å². The van der Waals surface area contributed by atoms with E-state index in [9.17, 15) is 0 Å². The summed E-state index contributed by atoms with van der Waals surface area (Å²) in [7, 11) is 0. The summed E-state index contributed by atoms with van der Waals surface area (Å²) in [6, 6.07) is 17.1. The van der Waals surface area contributed by atoms with Gasteiger partial charge in [-0.2, -0.15) is 0 Å². The Kier molecular flexibility index (Phi) is 4.14. The molecule has 0 atom stereocenters. The quantitative estimate of drug-likeness (QED) is 0.550. The fourth-order valence-electron chi connectivity index (χ4n) is 3.11. The zero-order valence-corrected chi connectivity index (χ0v) is 14.4. The van der Waals surface area contributed by atoms with Gasteiger partial charge in [0.2, 0.25) is 0 Å². The number of anilines is 1. The Labute approximate surface area is 147 Å². The third kappa shape index (κ3) is 3.36. The van der Waals surface area contributed by atoms with Gasteiger partial charge in [0.25, 0.3) is 0 Å². The molecule has 3 aromatic rings. The number of aliphatic imine (C=N–C) groups is 1. The minimum atomic E-state index is 0.415. The van der Waals surface area contributed by atoms with Crippen LogP contribution in [0.4, 0.5) is 5.69 Å². The lowest BCUT2D eigenvalue weighted by Crippen LogP contribution is -2.22. The van der Waals surface area contributed by atoms with E-state index in [-0.39, 0.29) is 0 Å². The highest BCUT2D eigenvalue weighted by Crippen LogP contribution is 2.38. The zero-order chi connectivity index (χ0) is 17.2. The number of nitrogens with one attached hydrogen (secondary N) is 1. The van der Waals surface area contributed by atoms with Crippen LogP contribution in [0.2, 0.25) is 0 Å². The summed E-state index contributed by atoms with van der Waals surface area (Å²) >= 11 is 0. The highest BCUT2D eigenvalue weighted by molar-refractivity contribution is 5.92. The molecular weight excluding hydrogens is 310 g/mol. The van der Waals surface area contributed by atoms with Crippen molar-refractivity contribution in [3.8, 4) is 0 Å². The monoisotopic (exact) mass is 333 g/mol. The van der Waals surface area contributed by atoms with Crippen molar-refractivity contribution in [3.05, 3.63) is 59.9 Å². The molecule has 0 amide bonds. The molecule has 5 heteroatoms. The number of hydrogen-bond donors (Lipinski definition) is 2. The summed E-state index contributed by atoms with van der Waals surface area (Å²) < 4.78 is 2.32. The average Bonchev–Trinajstić information content (AvgIpc) is 3.41. The van der Waals surface area contributed by atoms with Crippen molar-refractivity contribution >= 4 is 22.7 Å². The Morgan fingerprint density at radius 1 is 1.20 bits per heavy atom. The number of aromatic nitrogens is 2. The van der Waals surface area contributed by atoms with Gasteiger partial charge in [-0.15, -0.1) is 0 Å². The predicted octanol–water partition coefficient (Wildman–Crippen LogP) is 3.86. The number of rotatable bonds is 5. The lowest BCUT2D eigenvalue weighted by molar-refractivity contribution is 0.702. The summed E-state index contributed by atoms with van der Waals surface area (Å²) in [6.07, 6.45) is 3.46. The largest absolute Gasteiger partial charge is 0.370 e. The van der Waals surface area contributed by atoms with E-state index in [2.05, 4.69) is 52.1 Å². The van der Waals surface area contributed by atoms with Gasteiger partial charge in [0, 0.05) is 11.7 Å². The van der Waals surface area contributed by atoms with Gasteiger partial charge in [-0.1, -0.05) is 31.2 Å². The highest BCUT2D eigenvalue weighted by atomic mass is 15.2. The first-order valence-corrected chi connectivity index (χ1v) is 8.86. The first kappa shape index (κ1) is 15.7. The number of guanidine groups is 1. The van der Waals surface area contributed by atoms with Crippen LogP contribution in [-0.2, 0) is 13.0 Å². The van der Waals surface area contributed by atoms with Crippen LogP contribution in [-0.4, -0.2) is 15.5 Å². The van der Waals surface area contributed by atoms with Crippen molar-refractivity contribution in [3.63, 3.8) is 0 Å². The summed E-state index contributed by atoms with van der Waals surface area (Å²) in [6.45, 7) is 2.63. The van der Waals surface area contributed by atoms with Crippen LogP contribution >= 0.6 is 0 Å². The fraction of sp³-hybridized carbons (Fsp3) is 0.300. The summed E-state index contributed by atoms with van der Waals surface area (Å²) in [5.41, 5.74) is 10.5. The maximum absolute atomic E-state index is 6.06. The molecule has 4 rings (SSSR count). The molecule has 1 aliphatic carbocycles. The molecule has 0 saturated heterocycles. The molecule has 2 aromatic carbocycles. The Morgan fingerprint density at radius 2 is 1.96 bits per heavy atom. The number of nitrogens with zero attached hydrogens (tertiary/aromatic N) is 3. The first-order chi connectivity index (χ1) is 12.2. The smallest absolute Gasteiger partial charge is 0.193 e. The maximum atomic E-state index is 6.06. The molecule has 1 fully saturated rings. The molecule has 5 nitrogen and oxygen atoms in total. The van der Waals surface area contributed by atoms with Gasteiger partial charge in [-0.05, 0) is 49.1 Å². The molecule has 0 unspecified atom stereocenters. The maximum Gasteiger partial charge on any atom is 0.193 e. The van der Waals surface area contributed by atoms with E-state index in [1.54, 1.807) is 0 Å². The topological polar surface area (TPSA) is 68.2 Å². The zero-order valence-electron chi connectivity index (χ0n) is 14.4. The number of benzene rings is 2. The third-order valence-corrected chi connectivity index (χ3v) is 4.61. The molecule has 3 N–H and O–H groups in total. The van der Waals surface area contributed by atoms with Crippen molar-refractivity contribution in [2.24, 2.45) is 10.7 Å². The van der Waals surface area contributed by atoms with E-state index >= 15 is 0 Å². The van der Waals surface area contributed by atoms with Crippen LogP contribution in [0.3, 0.4) is 0 Å². The molecule has 128 valence electrons. The molecule has 1 heterocycles. The summed E-state index contributed by atoms with van der Waals surface area (Å²) in [4.78, 5) is 9.25. The van der Waals surface area contributed by atoms with Gasteiger partial charge < -0.3 is 15.6 Å². The first-order valence-electron chi connectivity index (χ1n) is 8.86. The van der Waals surface area contributed by atoms with E-state index in [0.29, 0.717) is 18.5 Å². The molecule has 0 aliphatic heterocycles. The fourth-order valence-corrected chi connectivity index (χ4v) is 3.11. The van der Waals surface area contributed by atoms with E-state index < -0.39 is 0 Å². The second kappa shape index (κ2) is 6.59. The van der Waals surface area contributed by atoms with E-state index in [1.165, 1.54) is 23.9 Å². The molecule has 1 aromatic heterocycles. The number of nitrogens with two attached hydrogens (primary N) is 1. The van der Waals surface area contributed by atoms with Crippen LogP contribution in [0, 0.1) is 0 Å². The normalized spacial score (nSPS) is 14.8. The second-order valence-corrected chi connectivity index (χ2v) is 6.49. The van der Waals surface area contributed by atoms with Crippen molar-refractivity contribution in [1.29, 1.82) is 0 Å². The number of para-hydroxylation sites is 2. The Bertz CT molecular complexity index is 903. The summed E-state index contributed by atoms with van der Waals surface area (Å²) in [5, 5.41) is 3.15. The number of fused-ring (bicyclic) bond motifs is 1. The second-order valence-electron chi connectivity index (χ2n) is 6.49. The Balaban J connectivity index is 1.52. The molecule has 25 heavy (non-hydrogen) atoms. The number of aryl methyl sites for hydroxylation is 1. The van der Waals surface area contributed by atoms with Gasteiger partial charge in [0.05, 0.1) is 11.0 Å². The molecule has 0 spiro atoms. The van der Waals surface area contributed by atoms with Gasteiger partial charge in [-0.3, -0.25) is 0 Å². The van der Waals surface area contributed by atoms with Gasteiger partial charge in [-0.25, -0.2) is 9.98 Å². The molecular formula is C20H23N5. The van der Waals surface area contributed by atoms with Crippen LogP contribution in [0.5, 0.6) is 0 Å². The van der Waals surface area contributed by atoms with Crippen LogP contribution < -0.4 is 11.1 Å². The third-order valence-electron chi connectivity index (χ3n) is 4.61. The van der Waals surface area contributed by atoms with Crippen molar-refractivity contribution in [2.45, 2.75) is 38.8 Å². The minimum absolute atomic E-state index is 0.415. The highest BCUT2D eigenvalue weighted by Gasteiger charge is 2.27. The Morgan fingerprint density at radius 3 is 2.68 bits per heavy atom. The van der Waals surface area contributed by atoms with Crippen molar-refractivity contribution in [2.75, 3.05) is 5.32 Å². The molecule has 1 aliphatic rings. The molecule has 1 saturated carbocycles. The van der Waals surface area contributed by atoms with E-state index in [4.69, 9.17) is 10.7 Å². The van der Waals surface area contributed by atoms with Crippen LogP contribution in [0.25, 0.3) is 11.0 Å². The van der Waals surface area contributed by atoms with Crippen LogP contribution in [0.15, 0.2) is 53.5 Å². The molecule has 0 radical (unpaired) electrons. The van der Waals surface area contributed by atoms with Gasteiger partial charge >= 0.3 is 0 Å². The molecule has 0 bridgehead atoms. The SMILES string of the molecule is CCc1ccc(NC(N)=NCc2nc3ccccc3n2C2CC2)cc1. The van der Waals surface area contributed by atoms with Gasteiger partial charge in [0.15, 0.2) is 5.96 Å². The van der Waals surface area contributed by atoms with Crippen LogP contribution in [0.1, 0.15) is 37.2 Å². The average molecular weight is 333 g/mol. The van der Waals surface area contributed by atoms with E-state index in [1.807, 2.05) is 18.2 Å². The van der Waals surface area contributed by atoms with Gasteiger partial charge in [0.1, 0.15) is 12.4 Å². The Hall–Kier alpha value is -2.82. The lowest BCUT2D eigenvalue weighted by Gasteiger charge is -2.08. The lowest BCUT2D eigenvalue weighted by atomic mass is 10.1. The van der Waals surface area contributed by atoms with Crippen molar-refractivity contribution in [1.82, 2.24) is 9.55 Å². The number of hydrogen-bond acceptors (Lipinski definition) is 2. The minimum Gasteiger partial charge on any atom is -0.370 e. The van der Waals surface area contributed by atoms with E-state index in [0.717, 1.165) is 23.4 Å². The standard InChI is InChI=1S/C20H23N5/c1-2-14-7-9-15(10-8-14)23-20(21)22-13-19-24-17-5-3-4-6-18(17)25(19)16-11-12-16/h3-10,16H,2,11-13H2,1H3,(H3,21,22,23).